The summed E-state index contributed by atoms with van der Waals surface area (Å²) in [6, 6.07) is 20.0. The van der Waals surface area contributed by atoms with Crippen molar-refractivity contribution in [3.63, 3.8) is 0 Å². The van der Waals surface area contributed by atoms with Crippen LogP contribution >= 0.6 is 23.1 Å². The molecule has 29 heavy (non-hydrogen) atoms. The highest BCUT2D eigenvalue weighted by atomic mass is 32.2. The van der Waals surface area contributed by atoms with Crippen molar-refractivity contribution in [3.8, 4) is 16.9 Å². The molecule has 2 aromatic carbocycles. The number of aromatic nitrogens is 5. The third-order valence-corrected chi connectivity index (χ3v) is 5.82. The Kier molecular flexibility index (Phi) is 5.82. The van der Waals surface area contributed by atoms with Gasteiger partial charge in [-0.15, -0.1) is 21.5 Å². The fraction of sp³-hybridized carbons (Fsp3) is 0.105. The van der Waals surface area contributed by atoms with E-state index in [0.29, 0.717) is 9.96 Å². The normalized spacial score (nSPS) is 11.6. The van der Waals surface area contributed by atoms with Gasteiger partial charge in [-0.1, -0.05) is 60.3 Å². The zero-order valence-corrected chi connectivity index (χ0v) is 17.1. The van der Waals surface area contributed by atoms with Crippen LogP contribution in [-0.2, 0) is 11.8 Å². The van der Waals surface area contributed by atoms with Gasteiger partial charge in [0.1, 0.15) is 0 Å². The molecule has 4 rings (SSSR count). The summed E-state index contributed by atoms with van der Waals surface area (Å²) in [6.45, 7) is 0. The molecule has 0 bridgehead atoms. The summed E-state index contributed by atoms with van der Waals surface area (Å²) in [5.41, 5.74) is 5.69. The largest absolute Gasteiger partial charge is 0.284 e. The fourth-order valence-corrected chi connectivity index (χ4v) is 4.15. The van der Waals surface area contributed by atoms with Gasteiger partial charge in [0.2, 0.25) is 9.96 Å². The van der Waals surface area contributed by atoms with Crippen molar-refractivity contribution in [3.05, 3.63) is 70.8 Å². The van der Waals surface area contributed by atoms with E-state index in [0.717, 1.165) is 16.9 Å². The zero-order chi connectivity index (χ0) is 20.1. The third kappa shape index (κ3) is 4.44. The van der Waals surface area contributed by atoms with Gasteiger partial charge in [-0.3, -0.25) is 9.36 Å². The molecule has 1 N–H and O–H groups in total. The number of aryl methyl sites for hydroxylation is 1. The lowest BCUT2D eigenvalue weighted by Gasteiger charge is -2.09. The lowest BCUT2D eigenvalue weighted by molar-refractivity contribution is -0.118. The lowest BCUT2D eigenvalue weighted by Crippen LogP contribution is -2.25. The molecule has 0 aliphatic rings. The molecule has 146 valence electrons. The summed E-state index contributed by atoms with van der Waals surface area (Å²) in [5.74, 6) is -0.0627. The minimum Gasteiger partial charge on any atom is -0.284 e. The third-order valence-electron chi connectivity index (χ3n) is 3.98. The number of hydrogen-bond donors (Lipinski definition) is 1. The highest BCUT2D eigenvalue weighted by Crippen LogP contribution is 2.23. The molecule has 10 heteroatoms. The van der Waals surface area contributed by atoms with Gasteiger partial charge in [0.25, 0.3) is 5.91 Å². The molecule has 0 unspecified atom stereocenters. The standard InChI is InChI=1S/C19H17N7OS2/c1-25-18(22-23-24-25)29-13-17(27)20-21-19-26(15-10-6-3-7-11-15)16(12-28-19)14-8-4-2-5-9-14/h2-12H,13H2,1H3,(H,20,27)/b21-19+. The molecule has 0 saturated carbocycles. The number of tetrazole rings is 1. The van der Waals surface area contributed by atoms with Gasteiger partial charge in [0, 0.05) is 18.1 Å². The second-order valence-electron chi connectivity index (χ2n) is 5.96. The Labute approximate surface area is 174 Å². The van der Waals surface area contributed by atoms with Crippen LogP contribution in [0.3, 0.4) is 0 Å². The molecule has 2 heterocycles. The average molecular weight is 424 g/mol. The first kappa shape index (κ1) is 19.1. The Morgan fingerprint density at radius 1 is 1.14 bits per heavy atom. The molecule has 0 aliphatic heterocycles. The molecule has 2 aromatic heterocycles. The van der Waals surface area contributed by atoms with Crippen LogP contribution in [0.4, 0.5) is 0 Å². The van der Waals surface area contributed by atoms with Crippen LogP contribution in [0.2, 0.25) is 0 Å². The predicted octanol–water partition coefficient (Wildman–Crippen LogP) is 2.45. The number of nitrogens with one attached hydrogen (secondary N) is 1. The van der Waals surface area contributed by atoms with E-state index in [9.17, 15) is 4.79 Å². The van der Waals surface area contributed by atoms with E-state index in [2.05, 4.69) is 38.2 Å². The first-order valence-corrected chi connectivity index (χ1v) is 10.6. The van der Waals surface area contributed by atoms with Crippen molar-refractivity contribution in [1.82, 2.24) is 30.2 Å². The minimum absolute atomic E-state index is 0.167. The summed E-state index contributed by atoms with van der Waals surface area (Å²) in [7, 11) is 1.73. The first-order chi connectivity index (χ1) is 14.2. The molecule has 0 atom stereocenters. The summed E-state index contributed by atoms with van der Waals surface area (Å²) in [4.78, 5) is 12.9. The van der Waals surface area contributed by atoms with Crippen molar-refractivity contribution in [2.24, 2.45) is 12.1 Å². The number of amides is 1. The van der Waals surface area contributed by atoms with Gasteiger partial charge in [-0.25, -0.2) is 10.1 Å². The topological polar surface area (TPSA) is 90.0 Å². The van der Waals surface area contributed by atoms with Crippen LogP contribution in [-0.4, -0.2) is 36.4 Å². The van der Waals surface area contributed by atoms with Gasteiger partial charge < -0.3 is 0 Å². The Morgan fingerprint density at radius 3 is 2.55 bits per heavy atom. The van der Waals surface area contributed by atoms with Crippen molar-refractivity contribution >= 4 is 29.0 Å². The SMILES string of the molecule is Cn1nnnc1SCC(=O)N/N=c1/scc(-c2ccccc2)n1-c1ccccc1. The second kappa shape index (κ2) is 8.84. The van der Waals surface area contributed by atoms with E-state index in [1.165, 1.54) is 27.8 Å². The summed E-state index contributed by atoms with van der Waals surface area (Å²) < 4.78 is 3.55. The van der Waals surface area contributed by atoms with E-state index in [4.69, 9.17) is 0 Å². The Hall–Kier alpha value is -3.24. The number of hydrogen-bond acceptors (Lipinski definition) is 7. The van der Waals surface area contributed by atoms with E-state index in [-0.39, 0.29) is 11.7 Å². The van der Waals surface area contributed by atoms with Crippen molar-refractivity contribution in [2.75, 3.05) is 5.75 Å². The Balaban J connectivity index is 1.60. The van der Waals surface area contributed by atoms with Crippen LogP contribution in [0.1, 0.15) is 0 Å². The number of carbonyl (C=O) groups excluding carboxylic acids is 1. The molecule has 8 nitrogen and oxygen atoms in total. The van der Waals surface area contributed by atoms with Crippen molar-refractivity contribution < 1.29 is 4.79 Å². The van der Waals surface area contributed by atoms with E-state index >= 15 is 0 Å². The van der Waals surface area contributed by atoms with Crippen molar-refractivity contribution in [2.45, 2.75) is 5.16 Å². The monoisotopic (exact) mass is 423 g/mol. The average Bonchev–Trinajstić information content (AvgIpc) is 3.38. The Morgan fingerprint density at radius 2 is 1.86 bits per heavy atom. The number of carbonyl (C=O) groups is 1. The van der Waals surface area contributed by atoms with E-state index < -0.39 is 0 Å². The van der Waals surface area contributed by atoms with E-state index in [1.54, 1.807) is 7.05 Å². The molecular formula is C19H17N7OS2. The number of nitrogens with zero attached hydrogens (tertiary/aromatic N) is 6. The molecule has 1 amide bonds. The highest BCUT2D eigenvalue weighted by molar-refractivity contribution is 7.99. The zero-order valence-electron chi connectivity index (χ0n) is 15.5. The van der Waals surface area contributed by atoms with Crippen molar-refractivity contribution in [1.29, 1.82) is 0 Å². The minimum atomic E-state index is -0.229. The molecule has 0 radical (unpaired) electrons. The van der Waals surface area contributed by atoms with Crippen LogP contribution in [0.25, 0.3) is 16.9 Å². The molecule has 0 aliphatic carbocycles. The molecule has 4 aromatic rings. The predicted molar refractivity (Wildman–Crippen MR) is 112 cm³/mol. The number of thioether (sulfide) groups is 1. The Bertz CT molecular complexity index is 1170. The van der Waals surface area contributed by atoms with Gasteiger partial charge in [-0.2, -0.15) is 0 Å². The van der Waals surface area contributed by atoms with Gasteiger partial charge in [0.15, 0.2) is 0 Å². The van der Waals surface area contributed by atoms with Crippen LogP contribution < -0.4 is 10.2 Å². The second-order valence-corrected chi connectivity index (χ2v) is 7.74. The van der Waals surface area contributed by atoms with E-state index in [1.807, 2.05) is 58.5 Å². The van der Waals surface area contributed by atoms with Gasteiger partial charge >= 0.3 is 0 Å². The fourth-order valence-electron chi connectivity index (χ4n) is 2.64. The highest BCUT2D eigenvalue weighted by Gasteiger charge is 2.11. The molecule has 0 saturated heterocycles. The number of rotatable bonds is 6. The van der Waals surface area contributed by atoms with Gasteiger partial charge in [0.05, 0.1) is 11.4 Å². The first-order valence-electron chi connectivity index (χ1n) is 8.71. The summed E-state index contributed by atoms with van der Waals surface area (Å²) in [5, 5.41) is 18.1. The molecule has 0 fully saturated rings. The smallest absolute Gasteiger partial charge is 0.250 e. The lowest BCUT2D eigenvalue weighted by atomic mass is 10.1. The quantitative estimate of drug-likeness (QED) is 0.380. The summed E-state index contributed by atoms with van der Waals surface area (Å²) >= 11 is 2.72. The maximum atomic E-state index is 12.2. The van der Waals surface area contributed by atoms with Crippen LogP contribution in [0, 0.1) is 0 Å². The molecule has 0 spiro atoms. The van der Waals surface area contributed by atoms with Crippen LogP contribution in [0.5, 0.6) is 0 Å². The summed E-state index contributed by atoms with van der Waals surface area (Å²) in [6.07, 6.45) is 0. The molecular weight excluding hydrogens is 406 g/mol. The number of benzene rings is 2. The maximum Gasteiger partial charge on any atom is 0.250 e. The number of para-hydroxylation sites is 1. The maximum absolute atomic E-state index is 12.2. The van der Waals surface area contributed by atoms with Gasteiger partial charge in [-0.05, 0) is 28.1 Å². The number of thiazole rings is 1. The van der Waals surface area contributed by atoms with Crippen LogP contribution in [0.15, 0.2) is 76.3 Å².